The fourth-order valence-electron chi connectivity index (χ4n) is 5.67. The van der Waals surface area contributed by atoms with E-state index in [0.717, 1.165) is 53.5 Å². The molecule has 35 heavy (non-hydrogen) atoms. The van der Waals surface area contributed by atoms with Gasteiger partial charge in [0.2, 0.25) is 0 Å². The molecule has 0 radical (unpaired) electrons. The van der Waals surface area contributed by atoms with Crippen LogP contribution in [0.5, 0.6) is 0 Å². The summed E-state index contributed by atoms with van der Waals surface area (Å²) in [6.45, 7) is 2.21. The van der Waals surface area contributed by atoms with E-state index in [0.29, 0.717) is 22.9 Å². The number of hydrogen-bond acceptors (Lipinski definition) is 3. The fraction of sp³-hybridized carbons (Fsp3) is 0.276. The van der Waals surface area contributed by atoms with Gasteiger partial charge in [0, 0.05) is 41.5 Å². The van der Waals surface area contributed by atoms with Crippen LogP contribution in [-0.4, -0.2) is 19.9 Å². The third kappa shape index (κ3) is 4.07. The summed E-state index contributed by atoms with van der Waals surface area (Å²) in [6.07, 6.45) is 9.40. The van der Waals surface area contributed by atoms with Crippen molar-refractivity contribution in [1.29, 1.82) is 0 Å². The molecule has 1 aliphatic rings. The summed E-state index contributed by atoms with van der Waals surface area (Å²) in [6, 6.07) is 13.9. The Hall–Kier alpha value is -3.67. The normalized spacial score (nSPS) is 19.3. The van der Waals surface area contributed by atoms with Crippen LogP contribution in [0.25, 0.3) is 33.1 Å². The van der Waals surface area contributed by atoms with Crippen LogP contribution in [0.4, 0.5) is 8.78 Å². The number of aromatic amines is 1. The molecule has 5 aromatic rings. The van der Waals surface area contributed by atoms with Gasteiger partial charge < -0.3 is 4.98 Å². The lowest BCUT2D eigenvalue weighted by Crippen LogP contribution is -2.19. The predicted octanol–water partition coefficient (Wildman–Crippen LogP) is 7.53. The first-order valence-corrected chi connectivity index (χ1v) is 12.2. The quantitative estimate of drug-likeness (QED) is 0.297. The first-order valence-electron chi connectivity index (χ1n) is 12.2. The second-order valence-corrected chi connectivity index (χ2v) is 9.67. The highest BCUT2D eigenvalue weighted by atomic mass is 19.1. The van der Waals surface area contributed by atoms with Gasteiger partial charge in [-0.2, -0.15) is 0 Å². The van der Waals surface area contributed by atoms with E-state index < -0.39 is 0 Å². The van der Waals surface area contributed by atoms with Gasteiger partial charge in [-0.3, -0.25) is 9.97 Å². The van der Waals surface area contributed by atoms with Crippen LogP contribution in [0.3, 0.4) is 0 Å². The van der Waals surface area contributed by atoms with Crippen LogP contribution in [0.2, 0.25) is 0 Å². The molecule has 176 valence electrons. The Morgan fingerprint density at radius 2 is 1.69 bits per heavy atom. The zero-order valence-corrected chi connectivity index (χ0v) is 19.5. The number of pyridine rings is 2. The molecule has 2 aromatic carbocycles. The van der Waals surface area contributed by atoms with Gasteiger partial charge in [-0.1, -0.05) is 6.92 Å². The summed E-state index contributed by atoms with van der Waals surface area (Å²) in [5.74, 6) is 1.53. The summed E-state index contributed by atoms with van der Waals surface area (Å²) in [5, 5.41) is 0.924. The van der Waals surface area contributed by atoms with Crippen molar-refractivity contribution in [3.63, 3.8) is 0 Å². The molecule has 3 aromatic heterocycles. The van der Waals surface area contributed by atoms with Gasteiger partial charge in [-0.25, -0.2) is 13.8 Å². The van der Waals surface area contributed by atoms with E-state index in [1.807, 2.05) is 30.5 Å². The molecule has 1 aliphatic carbocycles. The highest BCUT2D eigenvalue weighted by molar-refractivity contribution is 5.83. The average Bonchev–Trinajstić information content (AvgIpc) is 3.31. The van der Waals surface area contributed by atoms with E-state index >= 15 is 0 Å². The third-order valence-corrected chi connectivity index (χ3v) is 7.67. The molecule has 0 aliphatic heterocycles. The summed E-state index contributed by atoms with van der Waals surface area (Å²) >= 11 is 0. The van der Waals surface area contributed by atoms with Crippen LogP contribution >= 0.6 is 0 Å². The molecular weight excluding hydrogens is 442 g/mol. The standard InChI is InChI=1S/C29H26F2N4/c1-17(29-34-27-15-23(20-8-11-32-12-9-20)25(31)16-28(27)35-29)18-2-4-19(5-3-18)22-10-13-33-26-7-6-21(30)14-24(22)26/h6-19H,2-5H2,1H3,(H,34,35)/t17-,18-,19+/m1/s1. The van der Waals surface area contributed by atoms with Crippen LogP contribution in [0.1, 0.15) is 55.8 Å². The number of halogens is 2. The molecule has 0 saturated heterocycles. The van der Waals surface area contributed by atoms with Gasteiger partial charge >= 0.3 is 0 Å². The lowest BCUT2D eigenvalue weighted by molar-refractivity contribution is 0.286. The Morgan fingerprint density at radius 3 is 2.49 bits per heavy atom. The molecular formula is C29H26F2N4. The molecule has 4 nitrogen and oxygen atoms in total. The third-order valence-electron chi connectivity index (χ3n) is 7.67. The number of hydrogen-bond donors (Lipinski definition) is 1. The molecule has 1 N–H and O–H groups in total. The second kappa shape index (κ2) is 8.84. The Balaban J connectivity index is 1.21. The van der Waals surface area contributed by atoms with Crippen molar-refractivity contribution in [2.75, 3.05) is 0 Å². The zero-order chi connectivity index (χ0) is 23.9. The first kappa shape index (κ1) is 21.8. The summed E-state index contributed by atoms with van der Waals surface area (Å²) in [5.41, 5.74) is 4.89. The molecule has 1 fully saturated rings. The van der Waals surface area contributed by atoms with Crippen LogP contribution in [0, 0.1) is 17.6 Å². The first-order chi connectivity index (χ1) is 17.1. The van der Waals surface area contributed by atoms with Crippen LogP contribution in [0.15, 0.2) is 67.1 Å². The van der Waals surface area contributed by atoms with Crippen molar-refractivity contribution in [2.45, 2.75) is 44.4 Å². The van der Waals surface area contributed by atoms with Gasteiger partial charge in [0.25, 0.3) is 0 Å². The minimum absolute atomic E-state index is 0.220. The predicted molar refractivity (Wildman–Crippen MR) is 134 cm³/mol. The van der Waals surface area contributed by atoms with E-state index in [-0.39, 0.29) is 17.6 Å². The molecule has 0 bridgehead atoms. The Morgan fingerprint density at radius 1 is 0.886 bits per heavy atom. The monoisotopic (exact) mass is 468 g/mol. The second-order valence-electron chi connectivity index (χ2n) is 9.67. The SMILES string of the molecule is C[C@@H](c1nc2cc(F)c(-c3ccncc3)cc2[nH]1)[C@H]1CC[C@@H](c2ccnc3ccc(F)cc32)CC1. The van der Waals surface area contributed by atoms with Crippen molar-refractivity contribution in [3.8, 4) is 11.1 Å². The number of fused-ring (bicyclic) bond motifs is 2. The van der Waals surface area contributed by atoms with E-state index in [1.165, 1.54) is 17.7 Å². The minimum atomic E-state index is -0.282. The highest BCUT2D eigenvalue weighted by Gasteiger charge is 2.29. The molecule has 6 heteroatoms. The number of imidazole rings is 1. The van der Waals surface area contributed by atoms with E-state index in [1.54, 1.807) is 24.5 Å². The van der Waals surface area contributed by atoms with Crippen molar-refractivity contribution in [2.24, 2.45) is 5.92 Å². The number of aromatic nitrogens is 4. The summed E-state index contributed by atoms with van der Waals surface area (Å²) in [4.78, 5) is 16.6. The van der Waals surface area contributed by atoms with E-state index in [4.69, 9.17) is 4.98 Å². The van der Waals surface area contributed by atoms with Crippen molar-refractivity contribution in [1.82, 2.24) is 19.9 Å². The van der Waals surface area contributed by atoms with Gasteiger partial charge in [0.05, 0.1) is 16.6 Å². The summed E-state index contributed by atoms with van der Waals surface area (Å²) in [7, 11) is 0. The minimum Gasteiger partial charge on any atom is -0.342 e. The fourth-order valence-corrected chi connectivity index (χ4v) is 5.67. The largest absolute Gasteiger partial charge is 0.342 e. The maximum atomic E-state index is 14.8. The number of rotatable bonds is 4. The molecule has 3 heterocycles. The van der Waals surface area contributed by atoms with E-state index in [9.17, 15) is 8.78 Å². The zero-order valence-electron chi connectivity index (χ0n) is 19.5. The van der Waals surface area contributed by atoms with Crippen molar-refractivity contribution >= 4 is 21.9 Å². The van der Waals surface area contributed by atoms with Gasteiger partial charge in [-0.05, 0) is 91.1 Å². The molecule has 6 rings (SSSR count). The number of benzene rings is 2. The topological polar surface area (TPSA) is 54.5 Å². The lowest BCUT2D eigenvalue weighted by Gasteiger charge is -2.32. The number of H-pyrrole nitrogens is 1. The number of nitrogens with one attached hydrogen (secondary N) is 1. The van der Waals surface area contributed by atoms with Gasteiger partial charge in [0.15, 0.2) is 0 Å². The van der Waals surface area contributed by atoms with Crippen molar-refractivity contribution in [3.05, 3.63) is 90.1 Å². The van der Waals surface area contributed by atoms with Gasteiger partial charge in [-0.15, -0.1) is 0 Å². The summed E-state index contributed by atoms with van der Waals surface area (Å²) < 4.78 is 28.7. The maximum absolute atomic E-state index is 14.8. The Kier molecular flexibility index (Phi) is 5.51. The Labute approximate surface area is 202 Å². The molecule has 0 amide bonds. The van der Waals surface area contributed by atoms with Crippen molar-refractivity contribution < 1.29 is 8.78 Å². The molecule has 1 atom stereocenters. The van der Waals surface area contributed by atoms with Gasteiger partial charge in [0.1, 0.15) is 17.5 Å². The number of nitrogens with zero attached hydrogens (tertiary/aromatic N) is 3. The maximum Gasteiger partial charge on any atom is 0.133 e. The highest BCUT2D eigenvalue weighted by Crippen LogP contribution is 2.43. The Bertz CT molecular complexity index is 1500. The van der Waals surface area contributed by atoms with E-state index in [2.05, 4.69) is 21.9 Å². The molecule has 0 spiro atoms. The average molecular weight is 469 g/mol. The lowest BCUT2D eigenvalue weighted by atomic mass is 9.73. The molecule has 1 saturated carbocycles. The van der Waals surface area contributed by atoms with Crippen LogP contribution in [-0.2, 0) is 0 Å². The van der Waals surface area contributed by atoms with Crippen LogP contribution < -0.4 is 0 Å². The smallest absolute Gasteiger partial charge is 0.133 e. The molecule has 0 unspecified atom stereocenters.